The predicted molar refractivity (Wildman–Crippen MR) is 121 cm³/mol. The van der Waals surface area contributed by atoms with Crippen molar-refractivity contribution in [1.82, 2.24) is 19.6 Å². The minimum atomic E-state index is -0.249. The van der Waals surface area contributed by atoms with Gasteiger partial charge in [-0.1, -0.05) is 6.07 Å². The Bertz CT molecular complexity index is 1120. The molecule has 0 spiro atoms. The molecule has 0 radical (unpaired) electrons. The summed E-state index contributed by atoms with van der Waals surface area (Å²) in [6, 6.07) is 10.3. The Morgan fingerprint density at radius 2 is 1.78 bits per heavy atom. The van der Waals surface area contributed by atoms with Crippen LogP contribution < -0.4 is 10.2 Å². The van der Waals surface area contributed by atoms with Gasteiger partial charge >= 0.3 is 0 Å². The fourth-order valence-corrected chi connectivity index (χ4v) is 4.14. The quantitative estimate of drug-likeness (QED) is 0.602. The topological polar surface area (TPSA) is 70.0 Å². The highest BCUT2D eigenvalue weighted by atomic mass is 19.1. The number of nitrogens with zero attached hydrogens (tertiary/aromatic N) is 4. The molecule has 1 fully saturated rings. The van der Waals surface area contributed by atoms with Gasteiger partial charge in [-0.05, 0) is 56.2 Å². The molecule has 1 N–H and O–H groups in total. The lowest BCUT2D eigenvalue weighted by Gasteiger charge is -2.36. The maximum absolute atomic E-state index is 13.1. The number of pyridine rings is 1. The van der Waals surface area contributed by atoms with E-state index in [1.165, 1.54) is 12.1 Å². The summed E-state index contributed by atoms with van der Waals surface area (Å²) in [6.07, 6.45) is 2.81. The molecule has 0 unspecified atom stereocenters. The van der Waals surface area contributed by atoms with Gasteiger partial charge in [-0.3, -0.25) is 14.0 Å². The molecule has 3 heterocycles. The minimum absolute atomic E-state index is 0.0969. The van der Waals surface area contributed by atoms with E-state index >= 15 is 0 Å². The van der Waals surface area contributed by atoms with Crippen molar-refractivity contribution in [1.29, 1.82) is 0 Å². The Balaban J connectivity index is 1.23. The largest absolute Gasteiger partial charge is 0.368 e. The van der Waals surface area contributed by atoms with Crippen LogP contribution >= 0.6 is 0 Å². The summed E-state index contributed by atoms with van der Waals surface area (Å²) in [5.74, 6) is -0.332. The maximum Gasteiger partial charge on any atom is 0.270 e. The number of carbonyl (C=O) groups excluding carboxylic acids is 2. The van der Waals surface area contributed by atoms with Gasteiger partial charge in [-0.25, -0.2) is 9.37 Å². The Labute approximate surface area is 186 Å². The van der Waals surface area contributed by atoms with Crippen LogP contribution in [0, 0.1) is 19.7 Å². The molecule has 4 rings (SSSR count). The zero-order valence-electron chi connectivity index (χ0n) is 18.5. The van der Waals surface area contributed by atoms with E-state index in [0.717, 1.165) is 30.0 Å². The Kier molecular flexibility index (Phi) is 6.39. The van der Waals surface area contributed by atoms with Crippen LogP contribution in [0.15, 0.2) is 42.6 Å². The first-order valence-corrected chi connectivity index (χ1v) is 10.9. The predicted octanol–water partition coefficient (Wildman–Crippen LogP) is 2.95. The fourth-order valence-electron chi connectivity index (χ4n) is 4.14. The van der Waals surface area contributed by atoms with Crippen molar-refractivity contribution in [2.75, 3.05) is 37.6 Å². The molecule has 0 aliphatic carbocycles. The van der Waals surface area contributed by atoms with Gasteiger partial charge in [0.05, 0.1) is 5.69 Å². The number of rotatable bonds is 6. The lowest BCUT2D eigenvalue weighted by molar-refractivity contribution is -0.131. The second-order valence-corrected chi connectivity index (χ2v) is 8.13. The highest BCUT2D eigenvalue weighted by molar-refractivity contribution is 5.94. The summed E-state index contributed by atoms with van der Waals surface area (Å²) >= 11 is 0. The van der Waals surface area contributed by atoms with Crippen LogP contribution in [0.2, 0.25) is 0 Å². The van der Waals surface area contributed by atoms with Crippen molar-refractivity contribution in [2.24, 2.45) is 0 Å². The van der Waals surface area contributed by atoms with E-state index in [2.05, 4.69) is 15.2 Å². The molecule has 1 aromatic carbocycles. The highest BCUT2D eigenvalue weighted by Gasteiger charge is 2.21. The first-order valence-electron chi connectivity index (χ1n) is 10.9. The van der Waals surface area contributed by atoms with Crippen LogP contribution in [-0.4, -0.2) is 58.8 Å². The van der Waals surface area contributed by atoms with Crippen molar-refractivity contribution in [3.63, 3.8) is 0 Å². The number of halogens is 1. The first-order chi connectivity index (χ1) is 15.4. The number of nitrogens with one attached hydrogen (secondary N) is 1. The summed E-state index contributed by atoms with van der Waals surface area (Å²) in [5, 5.41) is 2.92. The number of hydrogen-bond donors (Lipinski definition) is 1. The van der Waals surface area contributed by atoms with E-state index in [1.807, 2.05) is 41.5 Å². The number of imidazole rings is 1. The molecule has 7 nitrogen and oxygen atoms in total. The molecule has 0 atom stereocenters. The van der Waals surface area contributed by atoms with Gasteiger partial charge in [0.25, 0.3) is 5.91 Å². The molecule has 0 saturated carbocycles. The molecule has 1 aliphatic heterocycles. The van der Waals surface area contributed by atoms with Crippen LogP contribution in [-0.2, 0) is 4.79 Å². The van der Waals surface area contributed by atoms with Crippen LogP contribution in [0.25, 0.3) is 5.65 Å². The highest BCUT2D eigenvalue weighted by Crippen LogP contribution is 2.18. The first kappa shape index (κ1) is 21.8. The van der Waals surface area contributed by atoms with Gasteiger partial charge in [0, 0.05) is 51.0 Å². The number of aryl methyl sites for hydroxylation is 2. The number of hydrogen-bond acceptors (Lipinski definition) is 4. The molecule has 32 heavy (non-hydrogen) atoms. The van der Waals surface area contributed by atoms with Gasteiger partial charge in [-0.2, -0.15) is 0 Å². The Morgan fingerprint density at radius 3 is 2.50 bits per heavy atom. The standard InChI is InChI=1S/C24H28FN5O2/c1-17-5-4-12-30-22(18(2)27-23(17)30)24(32)26-11-3-6-21(31)29-15-13-28(14-16-29)20-9-7-19(25)8-10-20/h4-5,7-10,12H,3,6,11,13-16H2,1-2H3,(H,26,32). The average molecular weight is 438 g/mol. The minimum Gasteiger partial charge on any atom is -0.368 e. The lowest BCUT2D eigenvalue weighted by Crippen LogP contribution is -2.48. The zero-order valence-corrected chi connectivity index (χ0v) is 18.5. The number of anilines is 1. The lowest BCUT2D eigenvalue weighted by atomic mass is 10.2. The van der Waals surface area contributed by atoms with Crippen molar-refractivity contribution >= 4 is 23.1 Å². The van der Waals surface area contributed by atoms with Crippen LogP contribution in [0.1, 0.15) is 34.6 Å². The summed E-state index contributed by atoms with van der Waals surface area (Å²) in [4.78, 5) is 33.8. The second kappa shape index (κ2) is 9.38. The molecule has 2 aromatic heterocycles. The molecular weight excluding hydrogens is 409 g/mol. The van der Waals surface area contributed by atoms with Gasteiger partial charge < -0.3 is 15.1 Å². The molecule has 0 bridgehead atoms. The Hall–Kier alpha value is -3.42. The molecular formula is C24H28FN5O2. The van der Waals surface area contributed by atoms with Crippen molar-refractivity contribution in [2.45, 2.75) is 26.7 Å². The third kappa shape index (κ3) is 4.59. The Morgan fingerprint density at radius 1 is 1.06 bits per heavy atom. The van der Waals surface area contributed by atoms with Crippen LogP contribution in [0.3, 0.4) is 0 Å². The number of aromatic nitrogens is 2. The van der Waals surface area contributed by atoms with Gasteiger partial charge in [0.1, 0.15) is 17.2 Å². The number of amides is 2. The third-order valence-corrected chi connectivity index (χ3v) is 5.91. The van der Waals surface area contributed by atoms with E-state index in [-0.39, 0.29) is 17.6 Å². The number of carbonyl (C=O) groups is 2. The average Bonchev–Trinajstić information content (AvgIpc) is 3.14. The summed E-state index contributed by atoms with van der Waals surface area (Å²) in [6.45, 7) is 6.96. The smallest absolute Gasteiger partial charge is 0.270 e. The van der Waals surface area contributed by atoms with E-state index in [9.17, 15) is 14.0 Å². The van der Waals surface area contributed by atoms with Crippen molar-refractivity contribution in [3.8, 4) is 0 Å². The van der Waals surface area contributed by atoms with E-state index in [0.29, 0.717) is 43.9 Å². The molecule has 1 aliphatic rings. The number of piperazine rings is 1. The van der Waals surface area contributed by atoms with Gasteiger partial charge in [-0.15, -0.1) is 0 Å². The van der Waals surface area contributed by atoms with Crippen LogP contribution in [0.4, 0.5) is 10.1 Å². The molecule has 1 saturated heterocycles. The molecule has 3 aromatic rings. The maximum atomic E-state index is 13.1. The number of fused-ring (bicyclic) bond motifs is 1. The SMILES string of the molecule is Cc1nc2c(C)cccn2c1C(=O)NCCCC(=O)N1CCN(c2ccc(F)cc2)CC1. The van der Waals surface area contributed by atoms with Gasteiger partial charge in [0.2, 0.25) is 5.91 Å². The van der Waals surface area contributed by atoms with E-state index in [1.54, 1.807) is 12.1 Å². The van der Waals surface area contributed by atoms with Crippen molar-refractivity contribution in [3.05, 3.63) is 65.4 Å². The van der Waals surface area contributed by atoms with E-state index in [4.69, 9.17) is 0 Å². The molecule has 2 amide bonds. The van der Waals surface area contributed by atoms with Crippen molar-refractivity contribution < 1.29 is 14.0 Å². The fraction of sp³-hybridized carbons (Fsp3) is 0.375. The summed E-state index contributed by atoms with van der Waals surface area (Å²) in [5.41, 5.74) is 3.99. The zero-order chi connectivity index (χ0) is 22.7. The van der Waals surface area contributed by atoms with Crippen LogP contribution in [0.5, 0.6) is 0 Å². The monoisotopic (exact) mass is 437 g/mol. The van der Waals surface area contributed by atoms with Gasteiger partial charge in [0.15, 0.2) is 0 Å². The third-order valence-electron chi connectivity index (χ3n) is 5.91. The molecule has 8 heteroatoms. The second-order valence-electron chi connectivity index (χ2n) is 8.13. The summed E-state index contributed by atoms with van der Waals surface area (Å²) < 4.78 is 14.9. The molecule has 168 valence electrons. The normalized spacial score (nSPS) is 14.1. The van der Waals surface area contributed by atoms with E-state index < -0.39 is 0 Å². The summed E-state index contributed by atoms with van der Waals surface area (Å²) in [7, 11) is 0. The number of benzene rings is 1.